The highest BCUT2D eigenvalue weighted by atomic mass is 35.5. The molecule has 16 heavy (non-hydrogen) atoms. The van der Waals surface area contributed by atoms with Gasteiger partial charge in [-0.2, -0.15) is 0 Å². The first-order valence-corrected chi connectivity index (χ1v) is 7.01. The Hall–Kier alpha value is -0.0500. The molecule has 0 amide bonds. The lowest BCUT2D eigenvalue weighted by molar-refractivity contribution is -0.0742. The molecule has 1 aromatic heterocycles. The van der Waals surface area contributed by atoms with Gasteiger partial charge in [-0.15, -0.1) is 11.3 Å². The van der Waals surface area contributed by atoms with Crippen molar-refractivity contribution in [3.8, 4) is 0 Å². The maximum atomic E-state index is 10.8. The molecule has 1 fully saturated rings. The molecule has 0 aromatic carbocycles. The molecule has 1 nitrogen and oxygen atoms in total. The summed E-state index contributed by atoms with van der Waals surface area (Å²) in [5.74, 6) is 0.297. The lowest BCUT2D eigenvalue weighted by Gasteiger charge is -2.44. The summed E-state index contributed by atoms with van der Waals surface area (Å²) in [7, 11) is 0. The van der Waals surface area contributed by atoms with Gasteiger partial charge in [-0.25, -0.2) is 0 Å². The SMILES string of the molecule is CC1CC(C)(C)CCC1(O)c1ccc(Cl)s1. The van der Waals surface area contributed by atoms with E-state index in [0.717, 1.165) is 28.5 Å². The minimum Gasteiger partial charge on any atom is -0.384 e. The Balaban J connectivity index is 2.26. The lowest BCUT2D eigenvalue weighted by atomic mass is 9.65. The zero-order chi connectivity index (χ0) is 12.0. The van der Waals surface area contributed by atoms with Gasteiger partial charge in [0.1, 0.15) is 5.60 Å². The van der Waals surface area contributed by atoms with Gasteiger partial charge in [0.05, 0.1) is 4.34 Å². The molecule has 3 heteroatoms. The van der Waals surface area contributed by atoms with Gasteiger partial charge in [0.15, 0.2) is 0 Å². The average molecular weight is 259 g/mol. The van der Waals surface area contributed by atoms with E-state index in [1.807, 2.05) is 12.1 Å². The van der Waals surface area contributed by atoms with Crippen molar-refractivity contribution in [1.29, 1.82) is 0 Å². The van der Waals surface area contributed by atoms with Gasteiger partial charge in [-0.05, 0) is 42.7 Å². The zero-order valence-electron chi connectivity index (χ0n) is 10.1. The molecule has 0 bridgehead atoms. The first-order chi connectivity index (χ1) is 7.33. The standard InChI is InChI=1S/C13H19ClOS/c1-9-8-12(2,3)6-7-13(9,15)10-4-5-11(14)16-10/h4-5,9,15H,6-8H2,1-3H3. The molecule has 90 valence electrons. The van der Waals surface area contributed by atoms with E-state index in [1.54, 1.807) is 0 Å². The fourth-order valence-electron chi connectivity index (χ4n) is 2.79. The van der Waals surface area contributed by atoms with Crippen LogP contribution in [0.4, 0.5) is 0 Å². The summed E-state index contributed by atoms with van der Waals surface area (Å²) in [6.07, 6.45) is 2.99. The molecule has 1 aliphatic rings. The summed E-state index contributed by atoms with van der Waals surface area (Å²) in [6.45, 7) is 6.71. The Labute approximate surface area is 106 Å². The molecule has 0 radical (unpaired) electrons. The second-order valence-electron chi connectivity index (χ2n) is 5.80. The molecule has 2 unspecified atom stereocenters. The maximum Gasteiger partial charge on any atom is 0.101 e. The lowest BCUT2D eigenvalue weighted by Crippen LogP contribution is -2.41. The molecule has 1 heterocycles. The first kappa shape index (κ1) is 12.4. The van der Waals surface area contributed by atoms with E-state index < -0.39 is 5.60 Å². The van der Waals surface area contributed by atoms with E-state index in [0.29, 0.717) is 11.3 Å². The van der Waals surface area contributed by atoms with E-state index in [4.69, 9.17) is 11.6 Å². The van der Waals surface area contributed by atoms with Crippen LogP contribution < -0.4 is 0 Å². The van der Waals surface area contributed by atoms with Crippen LogP contribution in [-0.2, 0) is 5.60 Å². The zero-order valence-corrected chi connectivity index (χ0v) is 11.7. The van der Waals surface area contributed by atoms with Gasteiger partial charge in [-0.3, -0.25) is 0 Å². The van der Waals surface area contributed by atoms with E-state index in [-0.39, 0.29) is 0 Å². The minimum atomic E-state index is -0.659. The highest BCUT2D eigenvalue weighted by Gasteiger charge is 2.44. The minimum absolute atomic E-state index is 0.297. The summed E-state index contributed by atoms with van der Waals surface area (Å²) in [6, 6.07) is 3.85. The molecular formula is C13H19ClOS. The van der Waals surface area contributed by atoms with Crippen LogP contribution in [0.1, 0.15) is 44.9 Å². The van der Waals surface area contributed by atoms with Crippen LogP contribution in [0.25, 0.3) is 0 Å². The average Bonchev–Trinajstić information content (AvgIpc) is 2.59. The number of aliphatic hydroxyl groups is 1. The quantitative estimate of drug-likeness (QED) is 0.790. The predicted molar refractivity (Wildman–Crippen MR) is 70.0 cm³/mol. The largest absolute Gasteiger partial charge is 0.384 e. The van der Waals surface area contributed by atoms with E-state index >= 15 is 0 Å². The topological polar surface area (TPSA) is 20.2 Å². The molecule has 1 N–H and O–H groups in total. The van der Waals surface area contributed by atoms with E-state index in [1.165, 1.54) is 11.3 Å². The molecule has 1 saturated carbocycles. The van der Waals surface area contributed by atoms with Gasteiger partial charge in [0.2, 0.25) is 0 Å². The highest BCUT2D eigenvalue weighted by Crippen LogP contribution is 2.50. The fraction of sp³-hybridized carbons (Fsp3) is 0.692. The van der Waals surface area contributed by atoms with Gasteiger partial charge >= 0.3 is 0 Å². The maximum absolute atomic E-state index is 10.8. The van der Waals surface area contributed by atoms with Gasteiger partial charge in [0, 0.05) is 4.88 Å². The van der Waals surface area contributed by atoms with Gasteiger partial charge in [0.25, 0.3) is 0 Å². The predicted octanol–water partition coefficient (Wildman–Crippen LogP) is 4.44. The van der Waals surface area contributed by atoms with Crippen LogP contribution in [0.3, 0.4) is 0 Å². The number of hydrogen-bond donors (Lipinski definition) is 1. The molecular weight excluding hydrogens is 240 g/mol. The summed E-state index contributed by atoms with van der Waals surface area (Å²) < 4.78 is 0.764. The number of rotatable bonds is 1. The van der Waals surface area contributed by atoms with Crippen molar-refractivity contribution in [2.45, 2.75) is 45.6 Å². The van der Waals surface area contributed by atoms with Gasteiger partial charge < -0.3 is 5.11 Å². The second-order valence-corrected chi connectivity index (χ2v) is 7.51. The Morgan fingerprint density at radius 1 is 1.38 bits per heavy atom. The van der Waals surface area contributed by atoms with Crippen molar-refractivity contribution in [2.24, 2.45) is 11.3 Å². The smallest absolute Gasteiger partial charge is 0.101 e. The normalized spacial score (nSPS) is 33.9. The van der Waals surface area contributed by atoms with Crippen LogP contribution in [0.2, 0.25) is 4.34 Å². The van der Waals surface area contributed by atoms with Crippen LogP contribution >= 0.6 is 22.9 Å². The summed E-state index contributed by atoms with van der Waals surface area (Å²) in [5.41, 5.74) is -0.306. The van der Waals surface area contributed by atoms with Crippen LogP contribution in [0.5, 0.6) is 0 Å². The molecule has 2 atom stereocenters. The summed E-state index contributed by atoms with van der Waals surface area (Å²) in [5, 5.41) is 10.8. The molecule has 0 aliphatic heterocycles. The Morgan fingerprint density at radius 3 is 2.56 bits per heavy atom. The molecule has 0 saturated heterocycles. The monoisotopic (exact) mass is 258 g/mol. The van der Waals surface area contributed by atoms with Crippen molar-refractivity contribution in [3.63, 3.8) is 0 Å². The Morgan fingerprint density at radius 2 is 2.06 bits per heavy atom. The highest BCUT2D eigenvalue weighted by molar-refractivity contribution is 7.16. The third-order valence-electron chi connectivity index (χ3n) is 3.86. The van der Waals surface area contributed by atoms with Crippen LogP contribution in [0.15, 0.2) is 12.1 Å². The van der Waals surface area contributed by atoms with Crippen molar-refractivity contribution in [1.82, 2.24) is 0 Å². The van der Waals surface area contributed by atoms with Crippen LogP contribution in [-0.4, -0.2) is 5.11 Å². The number of halogens is 1. The van der Waals surface area contributed by atoms with Crippen molar-refractivity contribution >= 4 is 22.9 Å². The van der Waals surface area contributed by atoms with Crippen molar-refractivity contribution in [3.05, 3.63) is 21.3 Å². The molecule has 1 aliphatic carbocycles. The fourth-order valence-corrected chi connectivity index (χ4v) is 4.06. The number of thiophene rings is 1. The Kier molecular flexibility index (Phi) is 3.11. The van der Waals surface area contributed by atoms with E-state index in [2.05, 4.69) is 20.8 Å². The second kappa shape index (κ2) is 4.01. The van der Waals surface area contributed by atoms with Crippen molar-refractivity contribution < 1.29 is 5.11 Å². The van der Waals surface area contributed by atoms with Gasteiger partial charge in [-0.1, -0.05) is 32.4 Å². The molecule has 2 rings (SSSR count). The van der Waals surface area contributed by atoms with Crippen LogP contribution in [0, 0.1) is 11.3 Å². The Bertz CT molecular complexity index is 385. The molecule has 0 spiro atoms. The summed E-state index contributed by atoms with van der Waals surface area (Å²) in [4.78, 5) is 1.03. The summed E-state index contributed by atoms with van der Waals surface area (Å²) >= 11 is 7.47. The first-order valence-electron chi connectivity index (χ1n) is 5.82. The molecule has 1 aromatic rings. The third kappa shape index (κ3) is 2.15. The van der Waals surface area contributed by atoms with E-state index in [9.17, 15) is 5.11 Å². The third-order valence-corrected chi connectivity index (χ3v) is 5.25. The number of hydrogen-bond acceptors (Lipinski definition) is 2. The van der Waals surface area contributed by atoms with Crippen molar-refractivity contribution in [2.75, 3.05) is 0 Å².